The van der Waals surface area contributed by atoms with Gasteiger partial charge in [-0.3, -0.25) is 10.1 Å². The summed E-state index contributed by atoms with van der Waals surface area (Å²) in [6.07, 6.45) is 0.812. The fraction of sp³-hybridized carbons (Fsp3) is 0.500. The molecule has 138 valence electrons. The molecule has 1 rings (SSSR count). The van der Waals surface area contributed by atoms with Crippen molar-refractivity contribution in [2.45, 2.75) is 34.1 Å². The summed E-state index contributed by atoms with van der Waals surface area (Å²) >= 11 is 0. The van der Waals surface area contributed by atoms with Crippen molar-refractivity contribution in [3.63, 3.8) is 0 Å². The number of imide groups is 1. The number of aryl methyl sites for hydroxylation is 2. The molecule has 0 aliphatic rings. The normalized spacial score (nSPS) is 10.3. The largest absolute Gasteiger partial charge is 0.482 e. The predicted molar refractivity (Wildman–Crippen MR) is 93.4 cm³/mol. The molecule has 25 heavy (non-hydrogen) atoms. The van der Waals surface area contributed by atoms with Gasteiger partial charge in [-0.25, -0.2) is 9.59 Å². The summed E-state index contributed by atoms with van der Waals surface area (Å²) in [5, 5.41) is 4.64. The smallest absolute Gasteiger partial charge is 0.344 e. The van der Waals surface area contributed by atoms with E-state index in [1.807, 2.05) is 39.8 Å². The van der Waals surface area contributed by atoms with E-state index in [1.54, 1.807) is 6.07 Å². The summed E-state index contributed by atoms with van der Waals surface area (Å²) < 4.78 is 10.1. The molecule has 1 aromatic carbocycles. The van der Waals surface area contributed by atoms with Crippen LogP contribution in [0.25, 0.3) is 0 Å². The van der Waals surface area contributed by atoms with Gasteiger partial charge in [-0.1, -0.05) is 19.9 Å². The van der Waals surface area contributed by atoms with Gasteiger partial charge in [-0.2, -0.15) is 0 Å². The van der Waals surface area contributed by atoms with Crippen molar-refractivity contribution in [3.8, 4) is 5.75 Å². The highest BCUT2D eigenvalue weighted by Gasteiger charge is 2.11. The highest BCUT2D eigenvalue weighted by Crippen LogP contribution is 2.16. The van der Waals surface area contributed by atoms with Crippen molar-refractivity contribution >= 4 is 17.9 Å². The van der Waals surface area contributed by atoms with E-state index in [2.05, 4.69) is 10.6 Å². The molecule has 2 N–H and O–H groups in total. The summed E-state index contributed by atoms with van der Waals surface area (Å²) in [5.41, 5.74) is 2.17. The molecular formula is C18H26N2O5. The zero-order valence-electron chi connectivity index (χ0n) is 15.2. The van der Waals surface area contributed by atoms with E-state index in [9.17, 15) is 14.4 Å². The average Bonchev–Trinajstić information content (AvgIpc) is 2.53. The summed E-state index contributed by atoms with van der Waals surface area (Å²) in [7, 11) is 0. The fourth-order valence-electron chi connectivity index (χ4n) is 1.81. The minimum absolute atomic E-state index is 0.309. The van der Waals surface area contributed by atoms with E-state index in [0.29, 0.717) is 18.2 Å². The lowest BCUT2D eigenvalue weighted by Gasteiger charge is -2.09. The van der Waals surface area contributed by atoms with E-state index in [1.165, 1.54) is 0 Å². The Balaban J connectivity index is 2.23. The van der Waals surface area contributed by atoms with Crippen LogP contribution >= 0.6 is 0 Å². The van der Waals surface area contributed by atoms with Crippen LogP contribution in [0, 0.1) is 19.8 Å². The summed E-state index contributed by atoms with van der Waals surface area (Å²) in [6, 6.07) is 4.86. The second-order valence-electron chi connectivity index (χ2n) is 6.18. The van der Waals surface area contributed by atoms with E-state index in [-0.39, 0.29) is 6.61 Å². The molecule has 7 heteroatoms. The molecule has 0 aromatic heterocycles. The molecule has 0 spiro atoms. The third-order valence-corrected chi connectivity index (χ3v) is 3.46. The van der Waals surface area contributed by atoms with Crippen LogP contribution in [-0.2, 0) is 14.3 Å². The number of urea groups is 1. The van der Waals surface area contributed by atoms with E-state index < -0.39 is 24.5 Å². The zero-order valence-corrected chi connectivity index (χ0v) is 15.2. The number of benzene rings is 1. The molecule has 0 aliphatic heterocycles. The van der Waals surface area contributed by atoms with Crippen LogP contribution in [-0.4, -0.2) is 37.7 Å². The number of amides is 3. The van der Waals surface area contributed by atoms with Crippen molar-refractivity contribution in [2.24, 2.45) is 5.92 Å². The molecule has 0 unspecified atom stereocenters. The van der Waals surface area contributed by atoms with Gasteiger partial charge in [-0.15, -0.1) is 0 Å². The van der Waals surface area contributed by atoms with Crippen LogP contribution in [0.15, 0.2) is 18.2 Å². The number of hydrogen-bond acceptors (Lipinski definition) is 5. The molecule has 0 aliphatic carbocycles. The first kappa shape index (κ1) is 20.5. The maximum absolute atomic E-state index is 11.6. The molecule has 0 saturated carbocycles. The minimum Gasteiger partial charge on any atom is -0.482 e. The molecule has 7 nitrogen and oxygen atoms in total. The first-order valence-electron chi connectivity index (χ1n) is 8.21. The molecule has 0 bridgehead atoms. The third kappa shape index (κ3) is 8.74. The van der Waals surface area contributed by atoms with Gasteiger partial charge in [0.2, 0.25) is 0 Å². The summed E-state index contributed by atoms with van der Waals surface area (Å²) in [6.45, 7) is 7.61. The van der Waals surface area contributed by atoms with Crippen LogP contribution in [0.1, 0.15) is 31.4 Å². The maximum atomic E-state index is 11.6. The van der Waals surface area contributed by atoms with Gasteiger partial charge in [0, 0.05) is 6.54 Å². The van der Waals surface area contributed by atoms with E-state index in [0.717, 1.165) is 17.5 Å². The van der Waals surface area contributed by atoms with Crippen molar-refractivity contribution in [3.05, 3.63) is 29.3 Å². The molecule has 0 fully saturated rings. The maximum Gasteiger partial charge on any atom is 0.344 e. The van der Waals surface area contributed by atoms with Gasteiger partial charge in [0.15, 0.2) is 13.2 Å². The molecule has 0 heterocycles. The monoisotopic (exact) mass is 350 g/mol. The number of carbonyl (C=O) groups excluding carboxylic acids is 3. The second-order valence-corrected chi connectivity index (χ2v) is 6.18. The Hall–Kier alpha value is -2.57. The van der Waals surface area contributed by atoms with Crippen LogP contribution in [0.2, 0.25) is 0 Å². The van der Waals surface area contributed by atoms with Crippen LogP contribution < -0.4 is 15.4 Å². The summed E-state index contributed by atoms with van der Waals surface area (Å²) in [5.74, 6) is -0.376. The average molecular weight is 350 g/mol. The van der Waals surface area contributed by atoms with Crippen molar-refractivity contribution in [1.29, 1.82) is 0 Å². The van der Waals surface area contributed by atoms with E-state index >= 15 is 0 Å². The van der Waals surface area contributed by atoms with Gasteiger partial charge in [0.25, 0.3) is 5.91 Å². The molecule has 0 atom stereocenters. The number of rotatable bonds is 8. The lowest BCUT2D eigenvalue weighted by atomic mass is 10.1. The first-order chi connectivity index (χ1) is 11.8. The SMILES string of the molecule is Cc1ccc(OCC(=O)OCC(=O)NC(=O)NCCC(C)C)cc1C. The molecule has 0 saturated heterocycles. The lowest BCUT2D eigenvalue weighted by molar-refractivity contribution is -0.150. The highest BCUT2D eigenvalue weighted by atomic mass is 16.6. The van der Waals surface area contributed by atoms with Gasteiger partial charge in [0.1, 0.15) is 5.75 Å². The molecule has 1 aromatic rings. The number of hydrogen-bond donors (Lipinski definition) is 2. The topological polar surface area (TPSA) is 93.7 Å². The highest BCUT2D eigenvalue weighted by molar-refractivity contribution is 5.95. The third-order valence-electron chi connectivity index (χ3n) is 3.46. The summed E-state index contributed by atoms with van der Waals surface area (Å²) in [4.78, 5) is 34.5. The van der Waals surface area contributed by atoms with Crippen LogP contribution in [0.5, 0.6) is 5.75 Å². The number of esters is 1. The predicted octanol–water partition coefficient (Wildman–Crippen LogP) is 2.10. The van der Waals surface area contributed by atoms with Crippen LogP contribution in [0.4, 0.5) is 4.79 Å². The molecule has 0 radical (unpaired) electrons. The van der Waals surface area contributed by atoms with Crippen molar-refractivity contribution < 1.29 is 23.9 Å². The van der Waals surface area contributed by atoms with Gasteiger partial charge < -0.3 is 14.8 Å². The minimum atomic E-state index is -0.693. The number of nitrogens with one attached hydrogen (secondary N) is 2. The van der Waals surface area contributed by atoms with Gasteiger partial charge in [0.05, 0.1) is 0 Å². The Morgan fingerprint density at radius 3 is 2.44 bits per heavy atom. The Kier molecular flexibility index (Phi) is 8.46. The molecular weight excluding hydrogens is 324 g/mol. The van der Waals surface area contributed by atoms with E-state index in [4.69, 9.17) is 9.47 Å². The van der Waals surface area contributed by atoms with Crippen molar-refractivity contribution in [2.75, 3.05) is 19.8 Å². The Morgan fingerprint density at radius 1 is 1.08 bits per heavy atom. The fourth-order valence-corrected chi connectivity index (χ4v) is 1.81. The Labute approximate surface area is 148 Å². The zero-order chi connectivity index (χ0) is 18.8. The standard InChI is InChI=1S/C18H26N2O5/c1-12(2)7-8-19-18(23)20-16(21)10-25-17(22)11-24-15-6-5-13(3)14(4)9-15/h5-6,9,12H,7-8,10-11H2,1-4H3,(H2,19,20,21,23). The Bertz CT molecular complexity index is 613. The quantitative estimate of drug-likeness (QED) is 0.700. The lowest BCUT2D eigenvalue weighted by Crippen LogP contribution is -2.42. The first-order valence-corrected chi connectivity index (χ1v) is 8.21. The Morgan fingerprint density at radius 2 is 1.80 bits per heavy atom. The van der Waals surface area contributed by atoms with Crippen LogP contribution in [0.3, 0.4) is 0 Å². The molecule has 3 amide bonds. The number of carbonyl (C=O) groups is 3. The second kappa shape index (κ2) is 10.3. The van der Waals surface area contributed by atoms with Gasteiger partial charge >= 0.3 is 12.0 Å². The number of ether oxygens (including phenoxy) is 2. The van der Waals surface area contributed by atoms with Crippen molar-refractivity contribution in [1.82, 2.24) is 10.6 Å². The van der Waals surface area contributed by atoms with Gasteiger partial charge in [-0.05, 0) is 49.4 Å².